The van der Waals surface area contributed by atoms with E-state index in [2.05, 4.69) is 5.32 Å². The Hall–Kier alpha value is -1.13. The molecule has 5 heteroatoms. The summed E-state index contributed by atoms with van der Waals surface area (Å²) in [4.78, 5) is 13.8. The van der Waals surface area contributed by atoms with Crippen LogP contribution in [0.25, 0.3) is 0 Å². The second-order valence-corrected chi connectivity index (χ2v) is 4.21. The van der Waals surface area contributed by atoms with Gasteiger partial charge in [0.1, 0.15) is 0 Å². The molecule has 1 rings (SSSR count). The quantitative estimate of drug-likeness (QED) is 0.857. The van der Waals surface area contributed by atoms with Gasteiger partial charge < -0.3 is 4.90 Å². The number of nitrogens with zero attached hydrogens (tertiary/aromatic N) is 1. The molecule has 0 saturated carbocycles. The minimum absolute atomic E-state index is 0.271. The minimum atomic E-state index is -0.271. The first kappa shape index (κ1) is 13.9. The van der Waals surface area contributed by atoms with Crippen molar-refractivity contribution in [3.05, 3.63) is 34.9 Å². The molecule has 0 saturated heterocycles. The lowest BCUT2D eigenvalue weighted by molar-refractivity contribution is 0.0973. The van der Waals surface area contributed by atoms with Gasteiger partial charge in [-0.3, -0.25) is 10.1 Å². The van der Waals surface area contributed by atoms with Crippen LogP contribution in [0.4, 0.5) is 0 Å². The Morgan fingerprint density at radius 3 is 2.47 bits per heavy atom. The van der Waals surface area contributed by atoms with Gasteiger partial charge in [0.2, 0.25) is 0 Å². The Morgan fingerprint density at radius 1 is 1.35 bits per heavy atom. The van der Waals surface area contributed by atoms with Gasteiger partial charge in [-0.15, -0.1) is 0 Å². The molecule has 0 aromatic heterocycles. The number of rotatable bonds is 3. The third kappa shape index (κ3) is 3.68. The smallest absolute Gasteiger partial charge is 0.258 e. The zero-order valence-electron chi connectivity index (χ0n) is 9.87. The van der Waals surface area contributed by atoms with Crippen molar-refractivity contribution in [3.8, 4) is 0 Å². The molecule has 3 nitrogen and oxygen atoms in total. The minimum Gasteiger partial charge on any atom is -0.350 e. The predicted molar refractivity (Wildman–Crippen MR) is 74.4 cm³/mol. The van der Waals surface area contributed by atoms with E-state index in [4.69, 9.17) is 23.8 Å². The Kier molecular flexibility index (Phi) is 5.38. The monoisotopic (exact) mass is 270 g/mol. The molecule has 17 heavy (non-hydrogen) atoms. The standard InChI is InChI=1S/C12H15ClN2OS/c1-3-15(4-2)12(17)14-11(16)9-7-5-6-8-10(9)13/h5-8H,3-4H2,1-2H3,(H,14,16,17). The zero-order valence-corrected chi connectivity index (χ0v) is 11.4. The first-order valence-electron chi connectivity index (χ1n) is 5.44. The number of halogens is 1. The second-order valence-electron chi connectivity index (χ2n) is 3.41. The summed E-state index contributed by atoms with van der Waals surface area (Å²) in [6.07, 6.45) is 0. The van der Waals surface area contributed by atoms with Gasteiger partial charge in [-0.25, -0.2) is 0 Å². The van der Waals surface area contributed by atoms with Crippen LogP contribution in [-0.2, 0) is 0 Å². The fraction of sp³-hybridized carbons (Fsp3) is 0.333. The van der Waals surface area contributed by atoms with Gasteiger partial charge in [0.15, 0.2) is 5.11 Å². The van der Waals surface area contributed by atoms with Gasteiger partial charge in [-0.2, -0.15) is 0 Å². The molecular weight excluding hydrogens is 256 g/mol. The molecule has 0 aliphatic rings. The lowest BCUT2D eigenvalue weighted by Crippen LogP contribution is -2.42. The highest BCUT2D eigenvalue weighted by Gasteiger charge is 2.13. The Morgan fingerprint density at radius 2 is 1.94 bits per heavy atom. The van der Waals surface area contributed by atoms with Crippen molar-refractivity contribution in [2.45, 2.75) is 13.8 Å². The number of hydrogen-bond acceptors (Lipinski definition) is 2. The van der Waals surface area contributed by atoms with Gasteiger partial charge in [0, 0.05) is 13.1 Å². The van der Waals surface area contributed by atoms with Crippen LogP contribution in [0.2, 0.25) is 5.02 Å². The average molecular weight is 271 g/mol. The SMILES string of the molecule is CCN(CC)C(=S)NC(=O)c1ccccc1Cl. The lowest BCUT2D eigenvalue weighted by atomic mass is 10.2. The van der Waals surface area contributed by atoms with E-state index < -0.39 is 0 Å². The Bertz CT molecular complexity index is 419. The van der Waals surface area contributed by atoms with E-state index in [0.717, 1.165) is 13.1 Å². The van der Waals surface area contributed by atoms with Crippen LogP contribution in [0, 0.1) is 0 Å². The van der Waals surface area contributed by atoms with Crippen LogP contribution in [0.1, 0.15) is 24.2 Å². The zero-order chi connectivity index (χ0) is 12.8. The number of carbonyl (C=O) groups is 1. The van der Waals surface area contributed by atoms with Crippen molar-refractivity contribution in [1.82, 2.24) is 10.2 Å². The van der Waals surface area contributed by atoms with E-state index in [-0.39, 0.29) is 5.91 Å². The summed E-state index contributed by atoms with van der Waals surface area (Å²) in [5.74, 6) is -0.271. The molecule has 1 N–H and O–H groups in total. The van der Waals surface area contributed by atoms with Crippen molar-refractivity contribution in [2.75, 3.05) is 13.1 Å². The second kappa shape index (κ2) is 6.57. The number of benzene rings is 1. The van der Waals surface area contributed by atoms with E-state index in [9.17, 15) is 4.79 Å². The summed E-state index contributed by atoms with van der Waals surface area (Å²) < 4.78 is 0. The maximum absolute atomic E-state index is 11.9. The van der Waals surface area contributed by atoms with Gasteiger partial charge >= 0.3 is 0 Å². The van der Waals surface area contributed by atoms with Crippen LogP contribution in [0.3, 0.4) is 0 Å². The third-order valence-corrected chi connectivity index (χ3v) is 3.08. The molecule has 0 radical (unpaired) electrons. The molecule has 1 aromatic rings. The number of hydrogen-bond donors (Lipinski definition) is 1. The van der Waals surface area contributed by atoms with Crippen LogP contribution < -0.4 is 5.32 Å². The van der Waals surface area contributed by atoms with E-state index in [1.54, 1.807) is 24.3 Å². The molecule has 0 fully saturated rings. The first-order valence-corrected chi connectivity index (χ1v) is 6.23. The van der Waals surface area contributed by atoms with Gasteiger partial charge in [-0.1, -0.05) is 23.7 Å². The normalized spacial score (nSPS) is 9.82. The third-order valence-electron chi connectivity index (χ3n) is 2.39. The molecule has 0 atom stereocenters. The highest BCUT2D eigenvalue weighted by molar-refractivity contribution is 7.80. The maximum Gasteiger partial charge on any atom is 0.258 e. The van der Waals surface area contributed by atoms with Crippen molar-refractivity contribution >= 4 is 34.8 Å². The maximum atomic E-state index is 11.9. The van der Waals surface area contributed by atoms with Gasteiger partial charge in [-0.05, 0) is 38.2 Å². The van der Waals surface area contributed by atoms with Gasteiger partial charge in [0.05, 0.1) is 10.6 Å². The Labute approximate surface area is 112 Å². The highest BCUT2D eigenvalue weighted by Crippen LogP contribution is 2.14. The van der Waals surface area contributed by atoms with Crippen molar-refractivity contribution < 1.29 is 4.79 Å². The van der Waals surface area contributed by atoms with E-state index in [1.807, 2.05) is 18.7 Å². The highest BCUT2D eigenvalue weighted by atomic mass is 35.5. The molecule has 0 bridgehead atoms. The van der Waals surface area contributed by atoms with Crippen LogP contribution in [0.5, 0.6) is 0 Å². The van der Waals surface area contributed by atoms with Crippen LogP contribution >= 0.6 is 23.8 Å². The summed E-state index contributed by atoms with van der Waals surface area (Å²) in [6, 6.07) is 6.89. The van der Waals surface area contributed by atoms with Crippen molar-refractivity contribution in [1.29, 1.82) is 0 Å². The first-order chi connectivity index (χ1) is 8.10. The molecule has 0 aliphatic heterocycles. The van der Waals surface area contributed by atoms with Crippen LogP contribution in [0.15, 0.2) is 24.3 Å². The Balaban J connectivity index is 2.73. The molecule has 0 spiro atoms. The molecule has 1 amide bonds. The lowest BCUT2D eigenvalue weighted by Gasteiger charge is -2.21. The predicted octanol–water partition coefficient (Wildman–Crippen LogP) is 2.70. The molecule has 0 unspecified atom stereocenters. The summed E-state index contributed by atoms with van der Waals surface area (Å²) in [6.45, 7) is 5.49. The van der Waals surface area contributed by atoms with E-state index in [1.165, 1.54) is 0 Å². The molecule has 0 heterocycles. The molecular formula is C12H15ClN2OS. The summed E-state index contributed by atoms with van der Waals surface area (Å²) >= 11 is 11.1. The van der Waals surface area contributed by atoms with E-state index in [0.29, 0.717) is 15.7 Å². The fourth-order valence-corrected chi connectivity index (χ4v) is 1.97. The summed E-state index contributed by atoms with van der Waals surface area (Å²) in [7, 11) is 0. The van der Waals surface area contributed by atoms with Crippen molar-refractivity contribution in [3.63, 3.8) is 0 Å². The number of thiocarbonyl (C=S) groups is 1. The number of nitrogens with one attached hydrogen (secondary N) is 1. The number of amides is 1. The fourth-order valence-electron chi connectivity index (χ4n) is 1.40. The molecule has 1 aromatic carbocycles. The van der Waals surface area contributed by atoms with Crippen LogP contribution in [-0.4, -0.2) is 29.0 Å². The summed E-state index contributed by atoms with van der Waals surface area (Å²) in [5, 5.41) is 3.53. The van der Waals surface area contributed by atoms with E-state index >= 15 is 0 Å². The molecule has 92 valence electrons. The molecule has 0 aliphatic carbocycles. The van der Waals surface area contributed by atoms with Gasteiger partial charge in [0.25, 0.3) is 5.91 Å². The summed E-state index contributed by atoms with van der Waals surface area (Å²) in [5.41, 5.74) is 0.434. The number of carbonyl (C=O) groups excluding carboxylic acids is 1. The topological polar surface area (TPSA) is 32.3 Å². The van der Waals surface area contributed by atoms with Crippen molar-refractivity contribution in [2.24, 2.45) is 0 Å². The average Bonchev–Trinajstić information content (AvgIpc) is 2.31. The largest absolute Gasteiger partial charge is 0.350 e.